The van der Waals surface area contributed by atoms with Crippen molar-refractivity contribution in [3.63, 3.8) is 0 Å². The molecule has 0 saturated heterocycles. The van der Waals surface area contributed by atoms with Crippen molar-refractivity contribution in [2.75, 3.05) is 11.9 Å². The molecule has 1 aliphatic heterocycles. The van der Waals surface area contributed by atoms with Crippen LogP contribution in [0.25, 0.3) is 0 Å². The highest BCUT2D eigenvalue weighted by Gasteiger charge is 2.16. The molecule has 2 N–H and O–H groups in total. The fraction of sp³-hybridized carbons (Fsp3) is 0.429. The summed E-state index contributed by atoms with van der Waals surface area (Å²) in [6, 6.07) is 0. The highest BCUT2D eigenvalue weighted by atomic mass is 16.1. The van der Waals surface area contributed by atoms with Gasteiger partial charge >= 0.3 is 0 Å². The van der Waals surface area contributed by atoms with E-state index in [9.17, 15) is 4.79 Å². The standard InChI is InChI=1S/C7H9N3O/c11-5-2-1-3-8-7-6(5)9-4-10-7/h4,8H,1-3H2,(H,9,10). The molecule has 11 heavy (non-hydrogen) atoms. The van der Waals surface area contributed by atoms with E-state index in [4.69, 9.17) is 0 Å². The van der Waals surface area contributed by atoms with Crippen LogP contribution in [0.1, 0.15) is 23.3 Å². The number of Topliss-reactive ketones (excluding diaryl/α,β-unsaturated/α-hetero) is 1. The number of H-pyrrole nitrogens is 1. The van der Waals surface area contributed by atoms with Gasteiger partial charge in [-0.15, -0.1) is 0 Å². The van der Waals surface area contributed by atoms with Crippen LogP contribution in [0, 0.1) is 0 Å². The second-order valence-electron chi connectivity index (χ2n) is 2.58. The quantitative estimate of drug-likeness (QED) is 0.576. The van der Waals surface area contributed by atoms with Crippen LogP contribution in [-0.2, 0) is 0 Å². The molecular formula is C7H9N3O. The van der Waals surface area contributed by atoms with E-state index >= 15 is 0 Å². The number of anilines is 1. The van der Waals surface area contributed by atoms with Crippen molar-refractivity contribution in [1.82, 2.24) is 9.97 Å². The summed E-state index contributed by atoms with van der Waals surface area (Å²) >= 11 is 0. The first-order valence-electron chi connectivity index (χ1n) is 3.68. The molecule has 0 unspecified atom stereocenters. The number of carbonyl (C=O) groups is 1. The molecule has 4 nitrogen and oxygen atoms in total. The minimum Gasteiger partial charge on any atom is -0.368 e. The molecule has 4 heteroatoms. The molecule has 0 bridgehead atoms. The fourth-order valence-corrected chi connectivity index (χ4v) is 1.22. The Morgan fingerprint density at radius 2 is 2.45 bits per heavy atom. The Labute approximate surface area is 64.0 Å². The molecule has 58 valence electrons. The van der Waals surface area contributed by atoms with Gasteiger partial charge < -0.3 is 10.3 Å². The van der Waals surface area contributed by atoms with E-state index in [2.05, 4.69) is 15.3 Å². The molecule has 0 radical (unpaired) electrons. The first kappa shape index (κ1) is 6.39. The Bertz CT molecular complexity index is 279. The van der Waals surface area contributed by atoms with Crippen LogP contribution in [-0.4, -0.2) is 22.3 Å². The number of fused-ring (bicyclic) bond motifs is 1. The zero-order chi connectivity index (χ0) is 7.68. The summed E-state index contributed by atoms with van der Waals surface area (Å²) in [5.74, 6) is 0.856. The zero-order valence-electron chi connectivity index (χ0n) is 6.05. The van der Waals surface area contributed by atoms with Crippen molar-refractivity contribution < 1.29 is 4.79 Å². The topological polar surface area (TPSA) is 57.8 Å². The molecule has 0 atom stereocenters. The van der Waals surface area contributed by atoms with Crippen LogP contribution in [0.2, 0.25) is 0 Å². The average molecular weight is 151 g/mol. The molecule has 0 spiro atoms. The lowest BCUT2D eigenvalue weighted by Gasteiger charge is -1.95. The van der Waals surface area contributed by atoms with E-state index in [0.717, 1.165) is 13.0 Å². The van der Waals surface area contributed by atoms with Gasteiger partial charge in [-0.1, -0.05) is 0 Å². The van der Waals surface area contributed by atoms with Crippen LogP contribution in [0.3, 0.4) is 0 Å². The number of rotatable bonds is 0. The van der Waals surface area contributed by atoms with Crippen molar-refractivity contribution >= 4 is 11.6 Å². The van der Waals surface area contributed by atoms with Crippen LogP contribution in [0.5, 0.6) is 0 Å². The van der Waals surface area contributed by atoms with E-state index in [-0.39, 0.29) is 5.78 Å². The van der Waals surface area contributed by atoms with E-state index < -0.39 is 0 Å². The Kier molecular flexibility index (Phi) is 1.38. The number of ketones is 1. The summed E-state index contributed by atoms with van der Waals surface area (Å²) in [7, 11) is 0. The minimum absolute atomic E-state index is 0.155. The number of carbonyl (C=O) groups excluding carboxylic acids is 1. The number of nitrogens with zero attached hydrogens (tertiary/aromatic N) is 1. The second kappa shape index (κ2) is 2.38. The molecule has 1 aromatic heterocycles. The Morgan fingerprint density at radius 1 is 1.55 bits per heavy atom. The molecule has 0 fully saturated rings. The third-order valence-corrected chi connectivity index (χ3v) is 1.79. The first-order chi connectivity index (χ1) is 5.38. The zero-order valence-corrected chi connectivity index (χ0v) is 6.05. The van der Waals surface area contributed by atoms with E-state index in [1.54, 1.807) is 6.33 Å². The average Bonchev–Trinajstić information content (AvgIpc) is 2.40. The van der Waals surface area contributed by atoms with E-state index in [1.807, 2.05) is 0 Å². The van der Waals surface area contributed by atoms with Crippen molar-refractivity contribution in [1.29, 1.82) is 0 Å². The van der Waals surface area contributed by atoms with Crippen LogP contribution in [0.4, 0.5) is 5.82 Å². The van der Waals surface area contributed by atoms with Gasteiger partial charge in [0.05, 0.1) is 6.33 Å². The Morgan fingerprint density at radius 3 is 3.36 bits per heavy atom. The summed E-state index contributed by atoms with van der Waals surface area (Å²) in [5.41, 5.74) is 0.627. The van der Waals surface area contributed by atoms with Crippen LogP contribution < -0.4 is 5.32 Å². The normalized spacial score (nSPS) is 16.9. The molecule has 2 heterocycles. The van der Waals surface area contributed by atoms with Crippen LogP contribution in [0.15, 0.2) is 6.33 Å². The minimum atomic E-state index is 0.155. The smallest absolute Gasteiger partial charge is 0.182 e. The summed E-state index contributed by atoms with van der Waals surface area (Å²) in [6.45, 7) is 0.837. The number of hydrogen-bond donors (Lipinski definition) is 2. The molecular weight excluding hydrogens is 142 g/mol. The number of nitrogens with one attached hydrogen (secondary N) is 2. The Hall–Kier alpha value is -1.32. The lowest BCUT2D eigenvalue weighted by molar-refractivity contribution is 0.0979. The van der Waals surface area contributed by atoms with Gasteiger partial charge in [0, 0.05) is 13.0 Å². The molecule has 1 aliphatic rings. The van der Waals surface area contributed by atoms with Gasteiger partial charge in [0.15, 0.2) is 11.6 Å². The van der Waals surface area contributed by atoms with Gasteiger partial charge in [0.2, 0.25) is 0 Å². The molecule has 0 aromatic carbocycles. The SMILES string of the molecule is O=C1CCCNc2nc[nH]c21. The molecule has 0 amide bonds. The van der Waals surface area contributed by atoms with Gasteiger partial charge in [-0.3, -0.25) is 4.79 Å². The van der Waals surface area contributed by atoms with Crippen LogP contribution >= 0.6 is 0 Å². The summed E-state index contributed by atoms with van der Waals surface area (Å²) < 4.78 is 0. The number of aromatic amines is 1. The maximum absolute atomic E-state index is 11.3. The molecule has 0 saturated carbocycles. The maximum atomic E-state index is 11.3. The third-order valence-electron chi connectivity index (χ3n) is 1.79. The third kappa shape index (κ3) is 1.00. The predicted molar refractivity (Wildman–Crippen MR) is 40.6 cm³/mol. The molecule has 1 aromatic rings. The van der Waals surface area contributed by atoms with Gasteiger partial charge in [0.25, 0.3) is 0 Å². The largest absolute Gasteiger partial charge is 0.368 e. The van der Waals surface area contributed by atoms with Crippen molar-refractivity contribution in [2.24, 2.45) is 0 Å². The van der Waals surface area contributed by atoms with Crippen molar-refractivity contribution in [3.05, 3.63) is 12.0 Å². The Balaban J connectivity index is 2.41. The second-order valence-corrected chi connectivity index (χ2v) is 2.58. The monoisotopic (exact) mass is 151 g/mol. The van der Waals surface area contributed by atoms with Gasteiger partial charge in [-0.05, 0) is 6.42 Å². The van der Waals surface area contributed by atoms with E-state index in [0.29, 0.717) is 17.9 Å². The lowest BCUT2D eigenvalue weighted by atomic mass is 10.2. The summed E-state index contributed by atoms with van der Waals surface area (Å²) in [5, 5.41) is 3.07. The summed E-state index contributed by atoms with van der Waals surface area (Å²) in [4.78, 5) is 18.1. The summed E-state index contributed by atoms with van der Waals surface area (Å²) in [6.07, 6.45) is 3.05. The first-order valence-corrected chi connectivity index (χ1v) is 3.68. The molecule has 0 aliphatic carbocycles. The predicted octanol–water partition coefficient (Wildman–Crippen LogP) is 0.798. The molecule has 2 rings (SSSR count). The van der Waals surface area contributed by atoms with Crippen molar-refractivity contribution in [3.8, 4) is 0 Å². The highest BCUT2D eigenvalue weighted by molar-refractivity contribution is 5.99. The van der Waals surface area contributed by atoms with E-state index in [1.165, 1.54) is 0 Å². The van der Waals surface area contributed by atoms with Gasteiger partial charge in [0.1, 0.15) is 5.69 Å². The van der Waals surface area contributed by atoms with Crippen molar-refractivity contribution in [2.45, 2.75) is 12.8 Å². The highest BCUT2D eigenvalue weighted by Crippen LogP contribution is 2.15. The maximum Gasteiger partial charge on any atom is 0.182 e. The number of aromatic nitrogens is 2. The number of imidazole rings is 1. The number of hydrogen-bond acceptors (Lipinski definition) is 3. The lowest BCUT2D eigenvalue weighted by Crippen LogP contribution is -1.99. The van der Waals surface area contributed by atoms with Gasteiger partial charge in [-0.2, -0.15) is 0 Å². The van der Waals surface area contributed by atoms with Gasteiger partial charge in [-0.25, -0.2) is 4.98 Å². The fourth-order valence-electron chi connectivity index (χ4n) is 1.22.